The Morgan fingerprint density at radius 2 is 1.70 bits per heavy atom. The molecule has 0 aliphatic heterocycles. The predicted octanol–water partition coefficient (Wildman–Crippen LogP) is 4.00. The SMILES string of the molecule is CCCCOC(=O)c1cccc(C(=O)Oc2cccc(F)c2)c1. The Bertz CT molecular complexity index is 697. The predicted molar refractivity (Wildman–Crippen MR) is 83.0 cm³/mol. The van der Waals surface area contributed by atoms with Crippen LogP contribution < -0.4 is 4.74 Å². The van der Waals surface area contributed by atoms with E-state index in [-0.39, 0.29) is 16.9 Å². The summed E-state index contributed by atoms with van der Waals surface area (Å²) < 4.78 is 23.3. The first-order valence-electron chi connectivity index (χ1n) is 7.35. The van der Waals surface area contributed by atoms with E-state index in [0.717, 1.165) is 18.9 Å². The second-order valence-electron chi connectivity index (χ2n) is 4.92. The highest BCUT2D eigenvalue weighted by Gasteiger charge is 2.13. The normalized spacial score (nSPS) is 10.2. The topological polar surface area (TPSA) is 52.6 Å². The van der Waals surface area contributed by atoms with Gasteiger partial charge in [0.25, 0.3) is 0 Å². The number of ether oxygens (including phenoxy) is 2. The zero-order valence-electron chi connectivity index (χ0n) is 12.8. The van der Waals surface area contributed by atoms with E-state index in [1.165, 1.54) is 30.3 Å². The van der Waals surface area contributed by atoms with Crippen LogP contribution in [0.4, 0.5) is 4.39 Å². The van der Waals surface area contributed by atoms with Crippen molar-refractivity contribution in [2.75, 3.05) is 6.61 Å². The number of unbranched alkanes of at least 4 members (excludes halogenated alkanes) is 1. The molecule has 0 heterocycles. The minimum Gasteiger partial charge on any atom is -0.462 e. The van der Waals surface area contributed by atoms with Crippen LogP contribution in [0.25, 0.3) is 0 Å². The molecule has 0 aliphatic carbocycles. The molecular formula is C18H17FO4. The minimum atomic E-state index is -0.668. The third-order valence-electron chi connectivity index (χ3n) is 3.07. The molecule has 23 heavy (non-hydrogen) atoms. The highest BCUT2D eigenvalue weighted by molar-refractivity contribution is 5.96. The largest absolute Gasteiger partial charge is 0.462 e. The van der Waals surface area contributed by atoms with E-state index in [1.807, 2.05) is 6.92 Å². The van der Waals surface area contributed by atoms with Crippen LogP contribution >= 0.6 is 0 Å². The standard InChI is InChI=1S/C18H17FO4/c1-2-3-10-22-17(20)13-6-4-7-14(11-13)18(21)23-16-9-5-8-15(19)12-16/h4-9,11-12H,2-3,10H2,1H3. The van der Waals surface area contributed by atoms with Crippen LogP contribution in [0.2, 0.25) is 0 Å². The van der Waals surface area contributed by atoms with Crippen molar-refractivity contribution < 1.29 is 23.5 Å². The smallest absolute Gasteiger partial charge is 0.343 e. The van der Waals surface area contributed by atoms with Gasteiger partial charge in [0.15, 0.2) is 0 Å². The van der Waals surface area contributed by atoms with Gasteiger partial charge in [0.1, 0.15) is 11.6 Å². The fraction of sp³-hybridized carbons (Fsp3) is 0.222. The van der Waals surface area contributed by atoms with Crippen molar-refractivity contribution in [2.24, 2.45) is 0 Å². The number of halogens is 1. The van der Waals surface area contributed by atoms with E-state index in [9.17, 15) is 14.0 Å². The fourth-order valence-corrected chi connectivity index (χ4v) is 1.86. The van der Waals surface area contributed by atoms with E-state index < -0.39 is 17.8 Å². The zero-order valence-corrected chi connectivity index (χ0v) is 12.8. The molecule has 120 valence electrons. The van der Waals surface area contributed by atoms with Gasteiger partial charge in [-0.15, -0.1) is 0 Å². The summed E-state index contributed by atoms with van der Waals surface area (Å²) in [5.41, 5.74) is 0.467. The Morgan fingerprint density at radius 3 is 2.39 bits per heavy atom. The van der Waals surface area contributed by atoms with Gasteiger partial charge >= 0.3 is 11.9 Å². The van der Waals surface area contributed by atoms with Gasteiger partial charge in [0.2, 0.25) is 0 Å². The lowest BCUT2D eigenvalue weighted by molar-refractivity contribution is 0.0499. The second-order valence-corrected chi connectivity index (χ2v) is 4.92. The van der Waals surface area contributed by atoms with Gasteiger partial charge in [0, 0.05) is 6.07 Å². The summed E-state index contributed by atoms with van der Waals surface area (Å²) in [7, 11) is 0. The number of carbonyl (C=O) groups is 2. The third kappa shape index (κ3) is 4.92. The van der Waals surface area contributed by atoms with Gasteiger partial charge in [-0.2, -0.15) is 0 Å². The maximum Gasteiger partial charge on any atom is 0.343 e. The van der Waals surface area contributed by atoms with Crippen molar-refractivity contribution in [3.05, 3.63) is 65.5 Å². The van der Waals surface area contributed by atoms with Gasteiger partial charge in [-0.05, 0) is 36.8 Å². The summed E-state index contributed by atoms with van der Waals surface area (Å²) >= 11 is 0. The number of carbonyl (C=O) groups excluding carboxylic acids is 2. The van der Waals surface area contributed by atoms with E-state index in [2.05, 4.69) is 0 Å². The van der Waals surface area contributed by atoms with Gasteiger partial charge in [-0.25, -0.2) is 14.0 Å². The van der Waals surface area contributed by atoms with E-state index >= 15 is 0 Å². The van der Waals surface area contributed by atoms with Gasteiger partial charge in [-0.3, -0.25) is 0 Å². The van der Waals surface area contributed by atoms with E-state index in [4.69, 9.17) is 9.47 Å². The van der Waals surface area contributed by atoms with Crippen LogP contribution in [-0.2, 0) is 4.74 Å². The molecular weight excluding hydrogens is 299 g/mol. The minimum absolute atomic E-state index is 0.103. The molecule has 0 saturated carbocycles. The summed E-state index contributed by atoms with van der Waals surface area (Å²) in [6.45, 7) is 2.34. The summed E-state index contributed by atoms with van der Waals surface area (Å²) in [6, 6.07) is 11.3. The Morgan fingerprint density at radius 1 is 1.00 bits per heavy atom. The number of esters is 2. The maximum absolute atomic E-state index is 13.1. The molecule has 0 aliphatic rings. The van der Waals surface area contributed by atoms with Crippen LogP contribution in [-0.4, -0.2) is 18.5 Å². The fourth-order valence-electron chi connectivity index (χ4n) is 1.86. The average molecular weight is 316 g/mol. The molecule has 0 bridgehead atoms. The van der Waals surface area contributed by atoms with Crippen LogP contribution in [0.1, 0.15) is 40.5 Å². The monoisotopic (exact) mass is 316 g/mol. The molecule has 0 aromatic heterocycles. The van der Waals surface area contributed by atoms with Gasteiger partial charge < -0.3 is 9.47 Å². The van der Waals surface area contributed by atoms with Crippen LogP contribution in [0.15, 0.2) is 48.5 Å². The molecule has 0 saturated heterocycles. The lowest BCUT2D eigenvalue weighted by atomic mass is 10.1. The molecule has 0 spiro atoms. The molecule has 0 atom stereocenters. The van der Waals surface area contributed by atoms with Crippen molar-refractivity contribution in [3.8, 4) is 5.75 Å². The molecule has 5 heteroatoms. The van der Waals surface area contributed by atoms with Crippen molar-refractivity contribution in [1.82, 2.24) is 0 Å². The van der Waals surface area contributed by atoms with Crippen molar-refractivity contribution >= 4 is 11.9 Å². The van der Waals surface area contributed by atoms with Crippen LogP contribution in [0, 0.1) is 5.82 Å². The van der Waals surface area contributed by atoms with Gasteiger partial charge in [0.05, 0.1) is 17.7 Å². The summed E-state index contributed by atoms with van der Waals surface area (Å²) in [4.78, 5) is 23.9. The summed E-state index contributed by atoms with van der Waals surface area (Å²) in [6.07, 6.45) is 1.71. The first kappa shape index (κ1) is 16.7. The Balaban J connectivity index is 2.06. The molecule has 2 aromatic rings. The third-order valence-corrected chi connectivity index (χ3v) is 3.07. The number of hydrogen-bond donors (Lipinski definition) is 0. The number of hydrogen-bond acceptors (Lipinski definition) is 4. The molecule has 0 unspecified atom stereocenters. The zero-order chi connectivity index (χ0) is 16.7. The summed E-state index contributed by atoms with van der Waals surface area (Å²) in [5.74, 6) is -1.55. The Hall–Kier alpha value is -2.69. The molecule has 2 aromatic carbocycles. The quantitative estimate of drug-likeness (QED) is 0.459. The molecule has 0 fully saturated rings. The second kappa shape index (κ2) is 8.08. The van der Waals surface area contributed by atoms with Crippen molar-refractivity contribution in [2.45, 2.75) is 19.8 Å². The first-order valence-corrected chi connectivity index (χ1v) is 7.35. The lowest BCUT2D eigenvalue weighted by Gasteiger charge is -2.07. The first-order chi connectivity index (χ1) is 11.1. The van der Waals surface area contributed by atoms with Crippen molar-refractivity contribution in [3.63, 3.8) is 0 Å². The van der Waals surface area contributed by atoms with E-state index in [1.54, 1.807) is 12.1 Å². The lowest BCUT2D eigenvalue weighted by Crippen LogP contribution is -2.11. The Labute approximate surface area is 133 Å². The number of benzene rings is 2. The van der Waals surface area contributed by atoms with Gasteiger partial charge in [-0.1, -0.05) is 25.5 Å². The molecule has 0 radical (unpaired) electrons. The Kier molecular flexibility index (Phi) is 5.86. The maximum atomic E-state index is 13.1. The summed E-state index contributed by atoms with van der Waals surface area (Å²) in [5, 5.41) is 0. The highest BCUT2D eigenvalue weighted by atomic mass is 19.1. The number of rotatable bonds is 6. The highest BCUT2D eigenvalue weighted by Crippen LogP contribution is 2.15. The molecule has 2 rings (SSSR count). The molecule has 0 N–H and O–H groups in total. The average Bonchev–Trinajstić information content (AvgIpc) is 2.55. The van der Waals surface area contributed by atoms with Crippen LogP contribution in [0.5, 0.6) is 5.75 Å². The van der Waals surface area contributed by atoms with Crippen LogP contribution in [0.3, 0.4) is 0 Å². The van der Waals surface area contributed by atoms with Crippen molar-refractivity contribution in [1.29, 1.82) is 0 Å². The molecule has 0 amide bonds. The van der Waals surface area contributed by atoms with E-state index in [0.29, 0.717) is 6.61 Å². The molecule has 4 nitrogen and oxygen atoms in total.